The Balaban J connectivity index is 2.06. The summed E-state index contributed by atoms with van der Waals surface area (Å²) in [5.41, 5.74) is 0. The van der Waals surface area contributed by atoms with Crippen LogP contribution in [0, 0.1) is 6.92 Å². The fraction of sp³-hybridized carbons (Fsp3) is 0.600. The first-order chi connectivity index (χ1) is 6.33. The smallest absolute Gasteiger partial charge is 0.105 e. The van der Waals surface area contributed by atoms with E-state index in [1.165, 1.54) is 0 Å². The van der Waals surface area contributed by atoms with Crippen LogP contribution in [0.25, 0.3) is 0 Å². The van der Waals surface area contributed by atoms with E-state index < -0.39 is 0 Å². The van der Waals surface area contributed by atoms with Crippen molar-refractivity contribution >= 4 is 0 Å². The second-order valence-electron chi connectivity index (χ2n) is 3.12. The van der Waals surface area contributed by atoms with E-state index >= 15 is 0 Å². The molecule has 0 bridgehead atoms. The number of hydrogen-bond donors (Lipinski definition) is 2. The normalized spacial score (nSPS) is 10.6. The summed E-state index contributed by atoms with van der Waals surface area (Å²) in [7, 11) is 1.96. The zero-order valence-corrected chi connectivity index (χ0v) is 8.39. The molecule has 0 unspecified atom stereocenters. The summed E-state index contributed by atoms with van der Waals surface area (Å²) < 4.78 is 5.43. The van der Waals surface area contributed by atoms with Crippen molar-refractivity contribution in [3.05, 3.63) is 23.7 Å². The van der Waals surface area contributed by atoms with Crippen molar-refractivity contribution in [3.63, 3.8) is 0 Å². The molecular formula is C10H18N2O. The van der Waals surface area contributed by atoms with Crippen molar-refractivity contribution in [2.75, 3.05) is 26.7 Å². The highest BCUT2D eigenvalue weighted by Gasteiger charge is 1.96. The van der Waals surface area contributed by atoms with E-state index in [0.29, 0.717) is 0 Å². The van der Waals surface area contributed by atoms with Crippen LogP contribution >= 0.6 is 0 Å². The fourth-order valence-electron chi connectivity index (χ4n) is 1.17. The van der Waals surface area contributed by atoms with Crippen LogP contribution in [0.3, 0.4) is 0 Å². The number of rotatable bonds is 6. The molecule has 3 heteroatoms. The minimum absolute atomic E-state index is 0.970. The number of furan rings is 1. The van der Waals surface area contributed by atoms with E-state index in [1.54, 1.807) is 0 Å². The molecule has 0 saturated carbocycles. The van der Waals surface area contributed by atoms with Crippen LogP contribution in [-0.4, -0.2) is 26.7 Å². The lowest BCUT2D eigenvalue weighted by Gasteiger charge is -2.01. The SMILES string of the molecule is CNCCNCCc1ccc(C)o1. The van der Waals surface area contributed by atoms with E-state index in [-0.39, 0.29) is 0 Å². The maximum atomic E-state index is 5.43. The average molecular weight is 182 g/mol. The molecule has 0 spiro atoms. The molecule has 0 amide bonds. The van der Waals surface area contributed by atoms with Gasteiger partial charge >= 0.3 is 0 Å². The first-order valence-corrected chi connectivity index (χ1v) is 4.73. The van der Waals surface area contributed by atoms with Gasteiger partial charge < -0.3 is 15.1 Å². The molecule has 13 heavy (non-hydrogen) atoms. The molecule has 0 fully saturated rings. The Hall–Kier alpha value is -0.800. The van der Waals surface area contributed by atoms with Crippen LogP contribution in [0.4, 0.5) is 0 Å². The Labute approximate surface area is 79.5 Å². The summed E-state index contributed by atoms with van der Waals surface area (Å²) in [6.45, 7) is 4.97. The largest absolute Gasteiger partial charge is 0.466 e. The van der Waals surface area contributed by atoms with Gasteiger partial charge in [-0.3, -0.25) is 0 Å². The Morgan fingerprint density at radius 1 is 1.23 bits per heavy atom. The summed E-state index contributed by atoms with van der Waals surface area (Å²) in [4.78, 5) is 0. The van der Waals surface area contributed by atoms with Crippen LogP contribution in [-0.2, 0) is 6.42 Å². The molecule has 2 N–H and O–H groups in total. The van der Waals surface area contributed by atoms with Crippen molar-refractivity contribution in [3.8, 4) is 0 Å². The van der Waals surface area contributed by atoms with Crippen LogP contribution in [0.5, 0.6) is 0 Å². The summed E-state index contributed by atoms with van der Waals surface area (Å²) in [6, 6.07) is 4.04. The number of nitrogens with one attached hydrogen (secondary N) is 2. The second-order valence-corrected chi connectivity index (χ2v) is 3.12. The van der Waals surface area contributed by atoms with Crippen molar-refractivity contribution in [2.24, 2.45) is 0 Å². The molecule has 3 nitrogen and oxygen atoms in total. The van der Waals surface area contributed by atoms with Crippen molar-refractivity contribution in [1.82, 2.24) is 10.6 Å². The van der Waals surface area contributed by atoms with Crippen molar-refractivity contribution in [2.45, 2.75) is 13.3 Å². The van der Waals surface area contributed by atoms with Gasteiger partial charge in [0.25, 0.3) is 0 Å². The molecule has 0 aliphatic carbocycles. The molecule has 0 atom stereocenters. The van der Waals surface area contributed by atoms with E-state index in [9.17, 15) is 0 Å². The van der Waals surface area contributed by atoms with Crippen LogP contribution in [0.15, 0.2) is 16.5 Å². The third-order valence-electron chi connectivity index (χ3n) is 1.90. The van der Waals surface area contributed by atoms with Crippen molar-refractivity contribution in [1.29, 1.82) is 0 Å². The minimum atomic E-state index is 0.970. The van der Waals surface area contributed by atoms with Crippen LogP contribution in [0.2, 0.25) is 0 Å². The minimum Gasteiger partial charge on any atom is -0.466 e. The topological polar surface area (TPSA) is 37.2 Å². The van der Waals surface area contributed by atoms with E-state index in [4.69, 9.17) is 4.42 Å². The molecule has 0 saturated heterocycles. The summed E-state index contributed by atoms with van der Waals surface area (Å²) >= 11 is 0. The summed E-state index contributed by atoms with van der Waals surface area (Å²) in [6.07, 6.45) is 0.970. The lowest BCUT2D eigenvalue weighted by atomic mass is 10.3. The van der Waals surface area contributed by atoms with Gasteiger partial charge in [0.15, 0.2) is 0 Å². The Morgan fingerprint density at radius 2 is 2.08 bits per heavy atom. The highest BCUT2D eigenvalue weighted by atomic mass is 16.3. The van der Waals surface area contributed by atoms with Gasteiger partial charge in [0.1, 0.15) is 11.5 Å². The highest BCUT2D eigenvalue weighted by Crippen LogP contribution is 2.05. The lowest BCUT2D eigenvalue weighted by Crippen LogP contribution is -2.26. The molecule has 1 aromatic rings. The maximum absolute atomic E-state index is 5.43. The third-order valence-corrected chi connectivity index (χ3v) is 1.90. The first-order valence-electron chi connectivity index (χ1n) is 4.73. The van der Waals surface area contributed by atoms with Gasteiger partial charge in [0.05, 0.1) is 0 Å². The van der Waals surface area contributed by atoms with Gasteiger partial charge in [-0.05, 0) is 26.1 Å². The molecule has 1 heterocycles. The molecule has 1 rings (SSSR count). The molecule has 1 aromatic heterocycles. The zero-order valence-electron chi connectivity index (χ0n) is 8.39. The second kappa shape index (κ2) is 5.78. The molecule has 0 radical (unpaired) electrons. The number of hydrogen-bond acceptors (Lipinski definition) is 3. The van der Waals surface area contributed by atoms with Gasteiger partial charge in [0, 0.05) is 26.1 Å². The number of aryl methyl sites for hydroxylation is 1. The Kier molecular flexibility index (Phi) is 4.57. The predicted octanol–water partition coefficient (Wildman–Crippen LogP) is 0.940. The third kappa shape index (κ3) is 4.10. The van der Waals surface area contributed by atoms with Gasteiger partial charge in [-0.25, -0.2) is 0 Å². The Morgan fingerprint density at radius 3 is 2.69 bits per heavy atom. The predicted molar refractivity (Wildman–Crippen MR) is 53.9 cm³/mol. The average Bonchev–Trinajstić information content (AvgIpc) is 2.51. The van der Waals surface area contributed by atoms with Crippen molar-refractivity contribution < 1.29 is 4.42 Å². The van der Waals surface area contributed by atoms with E-state index in [1.807, 2.05) is 26.1 Å². The summed E-state index contributed by atoms with van der Waals surface area (Å²) in [5, 5.41) is 6.41. The molecule has 0 aliphatic rings. The maximum Gasteiger partial charge on any atom is 0.105 e. The Bertz CT molecular complexity index is 233. The van der Waals surface area contributed by atoms with Gasteiger partial charge in [-0.15, -0.1) is 0 Å². The monoisotopic (exact) mass is 182 g/mol. The summed E-state index contributed by atoms with van der Waals surface area (Å²) in [5.74, 6) is 2.06. The fourth-order valence-corrected chi connectivity index (χ4v) is 1.17. The zero-order chi connectivity index (χ0) is 9.52. The first kappa shape index (κ1) is 10.3. The van der Waals surface area contributed by atoms with Gasteiger partial charge in [0.2, 0.25) is 0 Å². The quantitative estimate of drug-likeness (QED) is 0.643. The van der Waals surface area contributed by atoms with E-state index in [0.717, 1.165) is 37.6 Å². The van der Waals surface area contributed by atoms with Gasteiger partial charge in [-0.2, -0.15) is 0 Å². The number of likely N-dealkylation sites (N-methyl/N-ethyl adjacent to an activating group) is 1. The molecular weight excluding hydrogens is 164 g/mol. The standard InChI is InChI=1S/C10H18N2O/c1-9-3-4-10(13-9)5-6-12-8-7-11-2/h3-4,11-12H,5-8H2,1-2H3. The van der Waals surface area contributed by atoms with Crippen LogP contribution in [0.1, 0.15) is 11.5 Å². The molecule has 0 aliphatic heterocycles. The van der Waals surface area contributed by atoms with Crippen LogP contribution < -0.4 is 10.6 Å². The molecule has 0 aromatic carbocycles. The van der Waals surface area contributed by atoms with Gasteiger partial charge in [-0.1, -0.05) is 0 Å². The lowest BCUT2D eigenvalue weighted by molar-refractivity contribution is 0.475. The highest BCUT2D eigenvalue weighted by molar-refractivity contribution is 5.05. The molecule has 74 valence electrons. The van der Waals surface area contributed by atoms with E-state index in [2.05, 4.69) is 10.6 Å².